The zero-order chi connectivity index (χ0) is 19.5. The van der Waals surface area contributed by atoms with Crippen LogP contribution in [0.25, 0.3) is 11.0 Å². The van der Waals surface area contributed by atoms with E-state index in [1.807, 2.05) is 36.4 Å². The molecule has 146 valence electrons. The number of hydrogen-bond donors (Lipinski definition) is 1. The zero-order valence-corrected chi connectivity index (χ0v) is 17.4. The van der Waals surface area contributed by atoms with Gasteiger partial charge >= 0.3 is 0 Å². The van der Waals surface area contributed by atoms with Gasteiger partial charge in [-0.05, 0) is 67.9 Å². The number of ether oxygens (including phenoxy) is 1. The topological polar surface area (TPSA) is 54.7 Å². The predicted molar refractivity (Wildman–Crippen MR) is 113 cm³/mol. The van der Waals surface area contributed by atoms with E-state index in [1.165, 1.54) is 12.8 Å². The Morgan fingerprint density at radius 1 is 1.21 bits per heavy atom. The molecule has 1 unspecified atom stereocenters. The maximum Gasteiger partial charge on any atom is 0.287 e. The number of fused-ring (bicyclic) bond motifs is 1. The van der Waals surface area contributed by atoms with Gasteiger partial charge in [0, 0.05) is 16.4 Å². The smallest absolute Gasteiger partial charge is 0.287 e. The van der Waals surface area contributed by atoms with Gasteiger partial charge in [-0.15, -0.1) is 0 Å². The average molecular weight is 443 g/mol. The van der Waals surface area contributed by atoms with Crippen LogP contribution in [0.15, 0.2) is 57.4 Å². The fraction of sp³-hybridized carbons (Fsp3) is 0.318. The molecule has 3 aromatic rings. The Balaban J connectivity index is 1.52. The van der Waals surface area contributed by atoms with Crippen LogP contribution in [0.5, 0.6) is 5.75 Å². The summed E-state index contributed by atoms with van der Waals surface area (Å²) < 4.78 is 12.1. The van der Waals surface area contributed by atoms with E-state index in [4.69, 9.17) is 9.15 Å². The molecule has 0 spiro atoms. The summed E-state index contributed by atoms with van der Waals surface area (Å²) >= 11 is 3.45. The predicted octanol–water partition coefficient (Wildman–Crippen LogP) is 4.77. The lowest BCUT2D eigenvalue weighted by Gasteiger charge is -2.28. The summed E-state index contributed by atoms with van der Waals surface area (Å²) in [6.07, 6.45) is 2.37. The molecule has 5 nitrogen and oxygen atoms in total. The largest absolute Gasteiger partial charge is 0.497 e. The Labute approximate surface area is 172 Å². The molecule has 4 rings (SSSR count). The third-order valence-electron chi connectivity index (χ3n) is 5.22. The van der Waals surface area contributed by atoms with Crippen LogP contribution in [0.2, 0.25) is 0 Å². The van der Waals surface area contributed by atoms with Gasteiger partial charge in [-0.25, -0.2) is 0 Å². The lowest BCUT2D eigenvalue weighted by molar-refractivity contribution is 0.0912. The minimum absolute atomic E-state index is 0.111. The average Bonchev–Trinajstić information content (AvgIpc) is 3.38. The number of carbonyl (C=O) groups excluding carboxylic acids is 1. The number of amides is 1. The fourth-order valence-corrected chi connectivity index (χ4v) is 4.14. The van der Waals surface area contributed by atoms with Gasteiger partial charge in [0.15, 0.2) is 5.76 Å². The standard InChI is InChI=1S/C22H23BrN2O3/c1-27-18-6-4-5-15(12-18)19(25-9-2-3-10-25)14-24-22(26)21-13-16-11-17(23)7-8-20(16)28-21/h4-8,11-13,19H,2-3,9-10,14H2,1H3,(H,24,26). The molecule has 6 heteroatoms. The van der Waals surface area contributed by atoms with Crippen molar-refractivity contribution in [1.82, 2.24) is 10.2 Å². The zero-order valence-electron chi connectivity index (χ0n) is 15.8. The number of rotatable bonds is 6. The number of benzene rings is 2. The van der Waals surface area contributed by atoms with Crippen LogP contribution in [0, 0.1) is 0 Å². The van der Waals surface area contributed by atoms with Gasteiger partial charge in [-0.3, -0.25) is 9.69 Å². The van der Waals surface area contributed by atoms with Crippen LogP contribution in [-0.2, 0) is 0 Å². The van der Waals surface area contributed by atoms with Gasteiger partial charge < -0.3 is 14.5 Å². The van der Waals surface area contributed by atoms with Crippen molar-refractivity contribution >= 4 is 32.8 Å². The minimum Gasteiger partial charge on any atom is -0.497 e. The number of nitrogens with zero attached hydrogens (tertiary/aromatic N) is 1. The van der Waals surface area contributed by atoms with Gasteiger partial charge in [0.25, 0.3) is 5.91 Å². The molecule has 1 saturated heterocycles. The number of likely N-dealkylation sites (tertiary alicyclic amines) is 1. The van der Waals surface area contributed by atoms with Gasteiger partial charge in [0.1, 0.15) is 11.3 Å². The highest BCUT2D eigenvalue weighted by Crippen LogP contribution is 2.28. The summed E-state index contributed by atoms with van der Waals surface area (Å²) in [5.41, 5.74) is 1.85. The summed E-state index contributed by atoms with van der Waals surface area (Å²) in [6, 6.07) is 15.7. The van der Waals surface area contributed by atoms with E-state index in [1.54, 1.807) is 13.2 Å². The quantitative estimate of drug-likeness (QED) is 0.597. The summed E-state index contributed by atoms with van der Waals surface area (Å²) in [4.78, 5) is 15.1. The van der Waals surface area contributed by atoms with E-state index in [0.717, 1.165) is 34.3 Å². The van der Waals surface area contributed by atoms with E-state index < -0.39 is 0 Å². The Hall–Kier alpha value is -2.31. The third kappa shape index (κ3) is 4.08. The Morgan fingerprint density at radius 3 is 2.82 bits per heavy atom. The fourth-order valence-electron chi connectivity index (χ4n) is 3.76. The second-order valence-corrected chi connectivity index (χ2v) is 7.95. The highest BCUT2D eigenvalue weighted by atomic mass is 79.9. The van der Waals surface area contributed by atoms with Crippen molar-refractivity contribution in [1.29, 1.82) is 0 Å². The highest BCUT2D eigenvalue weighted by Gasteiger charge is 2.25. The molecular formula is C22H23BrN2O3. The van der Waals surface area contributed by atoms with Gasteiger partial charge in [-0.2, -0.15) is 0 Å². The SMILES string of the molecule is COc1cccc(C(CNC(=O)c2cc3cc(Br)ccc3o2)N2CCCC2)c1. The summed E-state index contributed by atoms with van der Waals surface area (Å²) in [7, 11) is 1.67. The van der Waals surface area contributed by atoms with Crippen LogP contribution in [0.3, 0.4) is 0 Å². The van der Waals surface area contributed by atoms with Crippen LogP contribution < -0.4 is 10.1 Å². The molecular weight excluding hydrogens is 420 g/mol. The molecule has 1 aliphatic rings. The van der Waals surface area contributed by atoms with E-state index in [-0.39, 0.29) is 11.9 Å². The number of halogens is 1. The van der Waals surface area contributed by atoms with Crippen molar-refractivity contribution in [2.45, 2.75) is 18.9 Å². The lowest BCUT2D eigenvalue weighted by atomic mass is 10.0. The molecule has 1 atom stereocenters. The van der Waals surface area contributed by atoms with E-state index >= 15 is 0 Å². The molecule has 1 amide bonds. The van der Waals surface area contributed by atoms with Gasteiger partial charge in [0.2, 0.25) is 0 Å². The number of nitrogens with one attached hydrogen (secondary N) is 1. The molecule has 28 heavy (non-hydrogen) atoms. The number of hydrogen-bond acceptors (Lipinski definition) is 4. The molecule has 1 N–H and O–H groups in total. The first kappa shape index (κ1) is 19.0. The van der Waals surface area contributed by atoms with Crippen LogP contribution in [0.1, 0.15) is 35.0 Å². The number of furan rings is 1. The van der Waals surface area contributed by atoms with Gasteiger partial charge in [-0.1, -0.05) is 28.1 Å². The van der Waals surface area contributed by atoms with E-state index in [0.29, 0.717) is 17.9 Å². The Morgan fingerprint density at radius 2 is 2.04 bits per heavy atom. The highest BCUT2D eigenvalue weighted by molar-refractivity contribution is 9.10. The van der Waals surface area contributed by atoms with Crippen LogP contribution in [0.4, 0.5) is 0 Å². The molecule has 0 aliphatic carbocycles. The molecule has 2 heterocycles. The first-order chi connectivity index (χ1) is 13.6. The first-order valence-electron chi connectivity index (χ1n) is 9.49. The number of carbonyl (C=O) groups is 1. The molecule has 1 fully saturated rings. The van der Waals surface area contributed by atoms with Crippen LogP contribution in [-0.4, -0.2) is 37.6 Å². The van der Waals surface area contributed by atoms with Crippen molar-refractivity contribution < 1.29 is 13.9 Å². The Bertz CT molecular complexity index is 979. The summed E-state index contributed by atoms with van der Waals surface area (Å²) in [5.74, 6) is 0.967. The van der Waals surface area contributed by atoms with E-state index in [2.05, 4.69) is 32.2 Å². The molecule has 0 radical (unpaired) electrons. The maximum atomic E-state index is 12.7. The van der Waals surface area contributed by atoms with Crippen molar-refractivity contribution in [3.05, 3.63) is 64.3 Å². The van der Waals surface area contributed by atoms with Gasteiger partial charge in [0.05, 0.1) is 13.2 Å². The Kier molecular flexibility index (Phi) is 5.69. The molecule has 1 aromatic heterocycles. The first-order valence-corrected chi connectivity index (χ1v) is 10.3. The third-order valence-corrected chi connectivity index (χ3v) is 5.71. The second-order valence-electron chi connectivity index (χ2n) is 7.04. The molecule has 2 aromatic carbocycles. The molecule has 1 aliphatic heterocycles. The number of methoxy groups -OCH3 is 1. The molecule has 0 bridgehead atoms. The lowest BCUT2D eigenvalue weighted by Crippen LogP contribution is -2.36. The maximum absolute atomic E-state index is 12.7. The van der Waals surface area contributed by atoms with Crippen molar-refractivity contribution in [2.24, 2.45) is 0 Å². The molecule has 0 saturated carbocycles. The van der Waals surface area contributed by atoms with Crippen molar-refractivity contribution in [3.8, 4) is 5.75 Å². The van der Waals surface area contributed by atoms with E-state index in [9.17, 15) is 4.79 Å². The van der Waals surface area contributed by atoms with Crippen LogP contribution >= 0.6 is 15.9 Å². The minimum atomic E-state index is -0.195. The normalized spacial score (nSPS) is 15.6. The summed E-state index contributed by atoms with van der Waals surface area (Å²) in [6.45, 7) is 2.60. The monoisotopic (exact) mass is 442 g/mol. The summed E-state index contributed by atoms with van der Waals surface area (Å²) in [5, 5.41) is 3.97. The van der Waals surface area contributed by atoms with Crippen molar-refractivity contribution in [2.75, 3.05) is 26.7 Å². The van der Waals surface area contributed by atoms with Crippen molar-refractivity contribution in [3.63, 3.8) is 0 Å². The second kappa shape index (κ2) is 8.37.